The number of rotatable bonds is 1. The quantitative estimate of drug-likeness (QED) is 0.544. The van der Waals surface area contributed by atoms with Crippen molar-refractivity contribution in [3.63, 3.8) is 0 Å². The van der Waals surface area contributed by atoms with Crippen molar-refractivity contribution in [3.8, 4) is 0 Å². The van der Waals surface area contributed by atoms with Crippen molar-refractivity contribution in [1.82, 2.24) is 4.98 Å². The van der Waals surface area contributed by atoms with Crippen LogP contribution in [-0.4, -0.2) is 4.98 Å². The van der Waals surface area contributed by atoms with Crippen LogP contribution in [0.5, 0.6) is 0 Å². The summed E-state index contributed by atoms with van der Waals surface area (Å²) in [4.78, 5) is 2.66. The van der Waals surface area contributed by atoms with Gasteiger partial charge in [0.05, 0.1) is 5.56 Å². The zero-order valence-electron chi connectivity index (χ0n) is 6.75. The molecule has 0 fully saturated rings. The molecule has 0 spiro atoms. The molecule has 0 saturated carbocycles. The molecule has 1 aromatic rings. The van der Waals surface area contributed by atoms with E-state index in [1.165, 1.54) is 0 Å². The lowest BCUT2D eigenvalue weighted by molar-refractivity contribution is -0.138. The molecule has 0 aliphatic rings. The Morgan fingerprint density at radius 1 is 1.27 bits per heavy atom. The van der Waals surface area contributed by atoms with Crippen LogP contribution < -0.4 is 0 Å². The number of nitrogens with zero attached hydrogens (tertiary/aromatic N) is 1. The van der Waals surface area contributed by atoms with Crippen molar-refractivity contribution in [1.29, 1.82) is 0 Å². The summed E-state index contributed by atoms with van der Waals surface area (Å²) >= 11 is 5.00. The lowest BCUT2D eigenvalue weighted by atomic mass is 10.2. The first-order chi connectivity index (χ1) is 6.73. The number of aromatic nitrogens is 1. The molecule has 1 nitrogen and oxygen atoms in total. The second kappa shape index (κ2) is 3.88. The second-order valence-corrected chi connectivity index (χ2v) is 2.85. The molecule has 1 aromatic heterocycles. The molecule has 1 rings (SSSR count). The molecule has 84 valence electrons. The first-order valence-electron chi connectivity index (χ1n) is 3.44. The van der Waals surface area contributed by atoms with Gasteiger partial charge in [-0.3, -0.25) is 0 Å². The molecule has 15 heavy (non-hydrogen) atoms. The van der Waals surface area contributed by atoms with Gasteiger partial charge in [0.15, 0.2) is 5.82 Å². The summed E-state index contributed by atoms with van der Waals surface area (Å²) in [6.07, 6.45) is -8.24. The third-order valence-corrected chi connectivity index (χ3v) is 1.76. The van der Waals surface area contributed by atoms with Gasteiger partial charge in [-0.2, -0.15) is 13.2 Å². The topological polar surface area (TPSA) is 12.9 Å². The van der Waals surface area contributed by atoms with Crippen LogP contribution in [0.2, 0.25) is 5.15 Å². The monoisotopic (exact) mass is 249 g/mol. The van der Waals surface area contributed by atoms with E-state index in [1.807, 2.05) is 0 Å². The van der Waals surface area contributed by atoms with Gasteiger partial charge in [-0.05, 0) is 6.07 Å². The Bertz CT molecular complexity index is 374. The Morgan fingerprint density at radius 2 is 1.80 bits per heavy atom. The molecule has 0 atom stereocenters. The van der Waals surface area contributed by atoms with Crippen molar-refractivity contribution in [3.05, 3.63) is 28.3 Å². The number of hydrogen-bond donors (Lipinski definition) is 0. The number of alkyl halides is 5. The largest absolute Gasteiger partial charge is 0.419 e. The maximum Gasteiger partial charge on any atom is 0.419 e. The van der Waals surface area contributed by atoms with Gasteiger partial charge in [-0.25, -0.2) is 18.2 Å². The van der Waals surface area contributed by atoms with Crippen LogP contribution in [0.25, 0.3) is 0 Å². The van der Waals surface area contributed by atoms with E-state index in [4.69, 9.17) is 11.6 Å². The Balaban J connectivity index is 3.32. The van der Waals surface area contributed by atoms with Gasteiger partial charge in [-0.15, -0.1) is 0 Å². The molecule has 1 heterocycles. The molecule has 8 heteroatoms. The summed E-state index contributed by atoms with van der Waals surface area (Å²) < 4.78 is 72.9. The van der Waals surface area contributed by atoms with Crippen molar-refractivity contribution in [2.24, 2.45) is 0 Å². The normalized spacial score (nSPS) is 12.3. The standard InChI is InChI=1S/C7H2ClF6N/c8-5-2(7(12,13)14)1-3(9)4(15-5)6(10)11/h1,6H. The zero-order valence-corrected chi connectivity index (χ0v) is 7.50. The minimum Gasteiger partial charge on any atom is -0.231 e. The molecule has 0 aromatic carbocycles. The molecule has 0 radical (unpaired) electrons. The number of hydrogen-bond acceptors (Lipinski definition) is 1. The third kappa shape index (κ3) is 2.53. The maximum atomic E-state index is 12.7. The van der Waals surface area contributed by atoms with Crippen molar-refractivity contribution >= 4 is 11.6 Å². The Labute approximate surface area is 84.7 Å². The summed E-state index contributed by atoms with van der Waals surface area (Å²) in [6, 6.07) is -0.100. The minimum atomic E-state index is -4.93. The van der Waals surface area contributed by atoms with Gasteiger partial charge in [0.2, 0.25) is 0 Å². The lowest BCUT2D eigenvalue weighted by Gasteiger charge is -2.10. The SMILES string of the molecule is Fc1cc(C(F)(F)F)c(Cl)nc1C(F)F. The predicted octanol–water partition coefficient (Wildman–Crippen LogP) is 3.83. The van der Waals surface area contributed by atoms with E-state index in [0.717, 1.165) is 0 Å². The molecule has 0 saturated heterocycles. The zero-order chi connectivity index (χ0) is 11.8. The molecule has 0 aliphatic heterocycles. The van der Waals surface area contributed by atoms with Crippen LogP contribution in [0.4, 0.5) is 26.3 Å². The fraction of sp³-hybridized carbons (Fsp3) is 0.286. The van der Waals surface area contributed by atoms with Gasteiger partial charge in [0.25, 0.3) is 6.43 Å². The molecule has 0 unspecified atom stereocenters. The minimum absolute atomic E-state index is 0.100. The Hall–Kier alpha value is -0.980. The smallest absolute Gasteiger partial charge is 0.231 e. The van der Waals surface area contributed by atoms with Crippen LogP contribution in [0.3, 0.4) is 0 Å². The highest BCUT2D eigenvalue weighted by Crippen LogP contribution is 2.35. The fourth-order valence-electron chi connectivity index (χ4n) is 0.831. The van der Waals surface area contributed by atoms with Crippen molar-refractivity contribution < 1.29 is 26.3 Å². The van der Waals surface area contributed by atoms with Crippen LogP contribution in [0.1, 0.15) is 17.7 Å². The Morgan fingerprint density at radius 3 is 2.20 bits per heavy atom. The van der Waals surface area contributed by atoms with Crippen molar-refractivity contribution in [2.45, 2.75) is 12.6 Å². The molecule has 0 N–H and O–H groups in total. The first-order valence-corrected chi connectivity index (χ1v) is 3.82. The van der Waals surface area contributed by atoms with E-state index in [9.17, 15) is 26.3 Å². The van der Waals surface area contributed by atoms with Crippen LogP contribution in [0, 0.1) is 5.82 Å². The average Bonchev–Trinajstić information content (AvgIpc) is 2.06. The number of pyridine rings is 1. The fourth-order valence-corrected chi connectivity index (χ4v) is 1.08. The van der Waals surface area contributed by atoms with Gasteiger partial charge in [0, 0.05) is 0 Å². The Kier molecular flexibility index (Phi) is 3.13. The average molecular weight is 250 g/mol. The summed E-state index contributed by atoms with van der Waals surface area (Å²) in [5.74, 6) is -1.73. The van der Waals surface area contributed by atoms with E-state index < -0.39 is 34.8 Å². The highest BCUT2D eigenvalue weighted by molar-refractivity contribution is 6.30. The lowest BCUT2D eigenvalue weighted by Crippen LogP contribution is -2.10. The first kappa shape index (κ1) is 12.1. The molecule has 0 amide bonds. The second-order valence-electron chi connectivity index (χ2n) is 2.49. The van der Waals surface area contributed by atoms with E-state index in [-0.39, 0.29) is 6.07 Å². The van der Waals surface area contributed by atoms with Gasteiger partial charge < -0.3 is 0 Å². The third-order valence-electron chi connectivity index (χ3n) is 1.47. The highest BCUT2D eigenvalue weighted by atomic mass is 35.5. The molecular formula is C7H2ClF6N. The number of halogens is 7. The van der Waals surface area contributed by atoms with E-state index in [1.54, 1.807) is 0 Å². The summed E-state index contributed by atoms with van der Waals surface area (Å²) in [5, 5.41) is -1.20. The van der Waals surface area contributed by atoms with Gasteiger partial charge in [-0.1, -0.05) is 11.6 Å². The van der Waals surface area contributed by atoms with Crippen LogP contribution >= 0.6 is 11.6 Å². The van der Waals surface area contributed by atoms with Gasteiger partial charge in [0.1, 0.15) is 10.8 Å². The van der Waals surface area contributed by atoms with Crippen LogP contribution in [-0.2, 0) is 6.18 Å². The van der Waals surface area contributed by atoms with E-state index in [2.05, 4.69) is 4.98 Å². The van der Waals surface area contributed by atoms with E-state index in [0.29, 0.717) is 0 Å². The van der Waals surface area contributed by atoms with Gasteiger partial charge >= 0.3 is 6.18 Å². The molecule has 0 aliphatic carbocycles. The van der Waals surface area contributed by atoms with Crippen molar-refractivity contribution in [2.75, 3.05) is 0 Å². The summed E-state index contributed by atoms with van der Waals surface area (Å²) in [7, 11) is 0. The predicted molar refractivity (Wildman–Crippen MR) is 39.2 cm³/mol. The molecular weight excluding hydrogens is 248 g/mol. The molecule has 0 bridgehead atoms. The summed E-state index contributed by atoms with van der Waals surface area (Å²) in [5.41, 5.74) is -2.97. The summed E-state index contributed by atoms with van der Waals surface area (Å²) in [6.45, 7) is 0. The maximum absolute atomic E-state index is 12.7. The van der Waals surface area contributed by atoms with Crippen LogP contribution in [0.15, 0.2) is 6.07 Å². The van der Waals surface area contributed by atoms with E-state index >= 15 is 0 Å². The highest BCUT2D eigenvalue weighted by Gasteiger charge is 2.36.